The fourth-order valence-electron chi connectivity index (χ4n) is 3.55. The number of fused-ring (bicyclic) bond motifs is 1. The van der Waals surface area contributed by atoms with Gasteiger partial charge in [-0.25, -0.2) is 0 Å². The number of benzene rings is 1. The van der Waals surface area contributed by atoms with Gasteiger partial charge in [0.05, 0.1) is 6.04 Å². The Labute approximate surface area is 129 Å². The molecule has 20 heavy (non-hydrogen) atoms. The Balaban J connectivity index is 1.66. The van der Waals surface area contributed by atoms with Gasteiger partial charge in [-0.2, -0.15) is 0 Å². The summed E-state index contributed by atoms with van der Waals surface area (Å²) in [5.74, 6) is 0.927. The van der Waals surface area contributed by atoms with Crippen molar-refractivity contribution in [1.29, 1.82) is 0 Å². The molecule has 1 heterocycles. The monoisotopic (exact) mass is 311 g/mol. The zero-order chi connectivity index (χ0) is 14.1. The van der Waals surface area contributed by atoms with Crippen molar-refractivity contribution in [3.63, 3.8) is 0 Å². The molecule has 3 rings (SSSR count). The molecule has 108 valence electrons. The molecule has 1 saturated heterocycles. The average Bonchev–Trinajstić information content (AvgIpc) is 2.87. The molecule has 0 bridgehead atoms. The maximum Gasteiger partial charge on any atom is 0.154 e. The minimum atomic E-state index is -0.00171. The van der Waals surface area contributed by atoms with Gasteiger partial charge in [-0.15, -0.1) is 0 Å². The summed E-state index contributed by atoms with van der Waals surface area (Å²) in [6.07, 6.45) is 6.43. The number of carbonyl (C=O) groups excluding carboxylic acids is 1. The summed E-state index contributed by atoms with van der Waals surface area (Å²) in [5, 5.41) is 4.77. The first-order valence-electron chi connectivity index (χ1n) is 7.36. The summed E-state index contributed by atoms with van der Waals surface area (Å²) < 4.78 is 0. The molecule has 0 spiro atoms. The molecular weight excluding hydrogens is 293 g/mol. The summed E-state index contributed by atoms with van der Waals surface area (Å²) in [6, 6.07) is 5.85. The molecule has 1 aliphatic carbocycles. The van der Waals surface area contributed by atoms with E-state index in [1.807, 2.05) is 0 Å². The summed E-state index contributed by atoms with van der Waals surface area (Å²) in [5.41, 5.74) is 0.834. The first kappa shape index (κ1) is 14.4. The lowest BCUT2D eigenvalue weighted by atomic mass is 9.84. The molecule has 1 aromatic rings. The van der Waals surface area contributed by atoms with Crippen molar-refractivity contribution >= 4 is 29.0 Å². The van der Waals surface area contributed by atoms with E-state index in [0.29, 0.717) is 28.4 Å². The zero-order valence-corrected chi connectivity index (χ0v) is 12.9. The number of hydrogen-bond donors (Lipinski definition) is 1. The molecule has 0 radical (unpaired) electrons. The molecular formula is C16H19Cl2NO. The molecule has 3 atom stereocenters. The van der Waals surface area contributed by atoms with E-state index >= 15 is 0 Å². The standard InChI is InChI=1S/C16H19Cl2NO/c17-12-5-6-13(18)11(7-12)9-16(20)15-8-10-3-1-2-4-14(10)19-15/h5-7,10,14-15,19H,1-4,8-9H2. The molecule has 2 nitrogen and oxygen atoms in total. The highest BCUT2D eigenvalue weighted by Gasteiger charge is 2.37. The van der Waals surface area contributed by atoms with Crippen molar-refractivity contribution in [2.75, 3.05) is 0 Å². The number of rotatable bonds is 3. The van der Waals surface area contributed by atoms with Crippen molar-refractivity contribution < 1.29 is 4.79 Å². The Kier molecular flexibility index (Phi) is 4.34. The third kappa shape index (κ3) is 3.03. The number of Topliss-reactive ketones (excluding diaryl/α,β-unsaturated/α-hetero) is 1. The highest BCUT2D eigenvalue weighted by Crippen LogP contribution is 2.34. The van der Waals surface area contributed by atoms with Crippen LogP contribution in [-0.4, -0.2) is 17.9 Å². The summed E-state index contributed by atoms with van der Waals surface area (Å²) in [6.45, 7) is 0. The molecule has 1 saturated carbocycles. The number of hydrogen-bond acceptors (Lipinski definition) is 2. The molecule has 4 heteroatoms. The lowest BCUT2D eigenvalue weighted by Gasteiger charge is -2.24. The van der Waals surface area contributed by atoms with Gasteiger partial charge in [0, 0.05) is 22.5 Å². The highest BCUT2D eigenvalue weighted by atomic mass is 35.5. The van der Waals surface area contributed by atoms with Crippen LogP contribution >= 0.6 is 23.2 Å². The normalized spacial score (nSPS) is 29.2. The van der Waals surface area contributed by atoms with Crippen molar-refractivity contribution in [1.82, 2.24) is 5.32 Å². The predicted octanol–water partition coefficient (Wildman–Crippen LogP) is 4.03. The fourth-order valence-corrected chi connectivity index (χ4v) is 3.93. The second kappa shape index (κ2) is 6.05. The lowest BCUT2D eigenvalue weighted by Crippen LogP contribution is -2.37. The third-order valence-electron chi connectivity index (χ3n) is 4.62. The van der Waals surface area contributed by atoms with Gasteiger partial charge in [0.15, 0.2) is 5.78 Å². The smallest absolute Gasteiger partial charge is 0.154 e. The predicted molar refractivity (Wildman–Crippen MR) is 82.5 cm³/mol. The lowest BCUT2D eigenvalue weighted by molar-refractivity contribution is -0.120. The first-order valence-corrected chi connectivity index (χ1v) is 8.12. The van der Waals surface area contributed by atoms with Crippen molar-refractivity contribution in [2.45, 2.75) is 50.6 Å². The van der Waals surface area contributed by atoms with Crippen molar-refractivity contribution in [2.24, 2.45) is 5.92 Å². The highest BCUT2D eigenvalue weighted by molar-refractivity contribution is 6.33. The third-order valence-corrected chi connectivity index (χ3v) is 5.23. The average molecular weight is 312 g/mol. The van der Waals surface area contributed by atoms with Crippen LogP contribution in [0.25, 0.3) is 0 Å². The van der Waals surface area contributed by atoms with Gasteiger partial charge >= 0.3 is 0 Å². The van der Waals surface area contributed by atoms with Gasteiger partial charge in [-0.3, -0.25) is 4.79 Å². The van der Waals surface area contributed by atoms with Crippen LogP contribution in [0.15, 0.2) is 18.2 Å². The van der Waals surface area contributed by atoms with Crippen LogP contribution in [0.3, 0.4) is 0 Å². The number of nitrogens with one attached hydrogen (secondary N) is 1. The van der Waals surface area contributed by atoms with Crippen LogP contribution in [0.1, 0.15) is 37.7 Å². The van der Waals surface area contributed by atoms with Crippen molar-refractivity contribution in [3.8, 4) is 0 Å². The molecule has 2 fully saturated rings. The quantitative estimate of drug-likeness (QED) is 0.913. The maximum atomic E-state index is 12.5. The van der Waals surface area contributed by atoms with E-state index in [4.69, 9.17) is 23.2 Å². The molecule has 0 aromatic heterocycles. The topological polar surface area (TPSA) is 29.1 Å². The summed E-state index contributed by atoms with van der Waals surface area (Å²) >= 11 is 12.1. The van der Waals surface area contributed by atoms with Crippen LogP contribution in [0.5, 0.6) is 0 Å². The van der Waals surface area contributed by atoms with Crippen LogP contribution < -0.4 is 5.32 Å². The minimum Gasteiger partial charge on any atom is -0.304 e. The van der Waals surface area contributed by atoms with Gasteiger partial charge in [0.2, 0.25) is 0 Å². The van der Waals surface area contributed by atoms with E-state index in [0.717, 1.165) is 12.0 Å². The van der Waals surface area contributed by atoms with E-state index in [1.165, 1.54) is 25.7 Å². The molecule has 1 aliphatic heterocycles. The van der Waals surface area contributed by atoms with Gasteiger partial charge in [-0.05, 0) is 48.9 Å². The van der Waals surface area contributed by atoms with E-state index < -0.39 is 0 Å². The molecule has 1 aromatic carbocycles. The molecule has 0 amide bonds. The van der Waals surface area contributed by atoms with Gasteiger partial charge in [0.25, 0.3) is 0 Å². The van der Waals surface area contributed by atoms with Gasteiger partial charge in [-0.1, -0.05) is 36.0 Å². The number of carbonyl (C=O) groups is 1. The SMILES string of the molecule is O=C(Cc1cc(Cl)ccc1Cl)C1CC2CCCCC2N1. The van der Waals surface area contributed by atoms with Gasteiger partial charge < -0.3 is 5.32 Å². The largest absolute Gasteiger partial charge is 0.304 e. The van der Waals surface area contributed by atoms with E-state index in [2.05, 4.69) is 5.32 Å². The van der Waals surface area contributed by atoms with E-state index in [1.54, 1.807) is 18.2 Å². The van der Waals surface area contributed by atoms with Crippen LogP contribution in [0.2, 0.25) is 10.0 Å². The second-order valence-electron chi connectivity index (χ2n) is 5.98. The maximum absolute atomic E-state index is 12.5. The first-order chi connectivity index (χ1) is 9.63. The van der Waals surface area contributed by atoms with Gasteiger partial charge in [0.1, 0.15) is 0 Å². The second-order valence-corrected chi connectivity index (χ2v) is 6.83. The minimum absolute atomic E-state index is 0.00171. The number of ketones is 1. The Morgan fingerprint density at radius 2 is 2.05 bits per heavy atom. The van der Waals surface area contributed by atoms with E-state index in [-0.39, 0.29) is 11.8 Å². The van der Waals surface area contributed by atoms with Crippen LogP contribution in [-0.2, 0) is 11.2 Å². The molecule has 3 unspecified atom stereocenters. The molecule has 2 aliphatic rings. The van der Waals surface area contributed by atoms with Crippen LogP contribution in [0.4, 0.5) is 0 Å². The Hall–Kier alpha value is -0.570. The fraction of sp³-hybridized carbons (Fsp3) is 0.562. The van der Waals surface area contributed by atoms with Crippen LogP contribution in [0, 0.1) is 5.92 Å². The molecule has 1 N–H and O–H groups in total. The number of halogens is 2. The van der Waals surface area contributed by atoms with Crippen molar-refractivity contribution in [3.05, 3.63) is 33.8 Å². The Morgan fingerprint density at radius 1 is 1.25 bits per heavy atom. The summed E-state index contributed by atoms with van der Waals surface area (Å²) in [4.78, 5) is 12.5. The Morgan fingerprint density at radius 3 is 2.85 bits per heavy atom. The zero-order valence-electron chi connectivity index (χ0n) is 11.4. The summed E-state index contributed by atoms with van der Waals surface area (Å²) in [7, 11) is 0. The van der Waals surface area contributed by atoms with E-state index in [9.17, 15) is 4.79 Å². The Bertz CT molecular complexity index is 503.